The van der Waals surface area contributed by atoms with Crippen LogP contribution < -0.4 is 14.5 Å². The zero-order valence-corrected chi connectivity index (χ0v) is 23.3. The largest absolute Gasteiger partial charge is 0.414 e. The molecule has 13 heteroatoms. The molecular formula is C28H18F6IrN6-2. The number of aromatic nitrogens is 6. The molecule has 3 heterocycles. The van der Waals surface area contributed by atoms with Gasteiger partial charge in [-0.2, -0.15) is 15.8 Å². The summed E-state index contributed by atoms with van der Waals surface area (Å²) in [7, 11) is 1.76. The second kappa shape index (κ2) is 14.2. The molecule has 41 heavy (non-hydrogen) atoms. The molecule has 0 aliphatic heterocycles. The number of aryl methyl sites for hydroxylation is 1. The van der Waals surface area contributed by atoms with Crippen LogP contribution in [0.4, 0.5) is 26.3 Å². The number of benzene rings is 3. The van der Waals surface area contributed by atoms with Crippen LogP contribution in [0.3, 0.4) is 0 Å². The van der Waals surface area contributed by atoms with Crippen LogP contribution in [0.5, 0.6) is 0 Å². The molecule has 0 atom stereocenters. The van der Waals surface area contributed by atoms with Crippen LogP contribution in [0.25, 0.3) is 17.1 Å². The van der Waals surface area contributed by atoms with E-state index in [1.807, 2.05) is 0 Å². The van der Waals surface area contributed by atoms with E-state index >= 15 is 0 Å². The molecule has 6 aromatic rings. The minimum atomic E-state index is -0.677. The van der Waals surface area contributed by atoms with E-state index in [9.17, 15) is 26.3 Å². The first-order chi connectivity index (χ1) is 19.2. The smallest absolute Gasteiger partial charge is 0.195 e. The molecule has 213 valence electrons. The van der Waals surface area contributed by atoms with E-state index in [4.69, 9.17) is 0 Å². The molecule has 0 aliphatic rings. The second-order valence-corrected chi connectivity index (χ2v) is 7.85. The Bertz CT molecular complexity index is 1610. The van der Waals surface area contributed by atoms with E-state index in [0.717, 1.165) is 36.4 Å². The maximum absolute atomic E-state index is 13.3. The Hall–Kier alpha value is -4.48. The molecule has 0 amide bonds. The molecule has 0 N–H and O–H groups in total. The zero-order valence-electron chi connectivity index (χ0n) is 20.9. The maximum Gasteiger partial charge on any atom is 0.195 e. The number of halogens is 6. The summed E-state index contributed by atoms with van der Waals surface area (Å²) in [6.07, 6.45) is 9.58. The average Bonchev–Trinajstić information content (AvgIpc) is 3.69. The molecule has 6 rings (SSSR count). The van der Waals surface area contributed by atoms with Gasteiger partial charge in [0, 0.05) is 73.3 Å². The van der Waals surface area contributed by atoms with Crippen LogP contribution in [0, 0.1) is 53.1 Å². The summed E-state index contributed by atoms with van der Waals surface area (Å²) in [4.78, 5) is 0. The third-order valence-electron chi connectivity index (χ3n) is 5.08. The van der Waals surface area contributed by atoms with E-state index in [-0.39, 0.29) is 37.2 Å². The zero-order chi connectivity index (χ0) is 28.6. The van der Waals surface area contributed by atoms with Gasteiger partial charge in [0.2, 0.25) is 0 Å². The van der Waals surface area contributed by atoms with Crippen LogP contribution in [-0.2, 0) is 27.2 Å². The Morgan fingerprint density at radius 3 is 1.83 bits per heavy atom. The van der Waals surface area contributed by atoms with Gasteiger partial charge in [0.05, 0.1) is 12.0 Å². The van der Waals surface area contributed by atoms with Crippen LogP contribution in [0.15, 0.2) is 91.8 Å². The van der Waals surface area contributed by atoms with Gasteiger partial charge in [0.25, 0.3) is 0 Å². The Morgan fingerprint density at radius 2 is 1.34 bits per heavy atom. The Morgan fingerprint density at radius 1 is 0.732 bits per heavy atom. The molecule has 1 radical (unpaired) electrons. The summed E-state index contributed by atoms with van der Waals surface area (Å²) in [5.74, 6) is -3.90. The molecule has 0 saturated carbocycles. The Kier molecular flexibility index (Phi) is 10.8. The van der Waals surface area contributed by atoms with Gasteiger partial charge in [0.1, 0.15) is 5.69 Å². The molecule has 0 unspecified atom stereocenters. The topological polar surface area (TPSA) is 44.6 Å². The summed E-state index contributed by atoms with van der Waals surface area (Å²) < 4.78 is 82.8. The van der Waals surface area contributed by atoms with Crippen molar-refractivity contribution in [3.63, 3.8) is 0 Å². The van der Waals surface area contributed by atoms with Crippen molar-refractivity contribution in [2.24, 2.45) is 7.05 Å². The van der Waals surface area contributed by atoms with E-state index in [2.05, 4.69) is 28.4 Å². The van der Waals surface area contributed by atoms with Crippen molar-refractivity contribution in [2.45, 2.75) is 0 Å². The summed E-state index contributed by atoms with van der Waals surface area (Å²) in [5.41, 5.74) is 0.441. The number of nitrogens with zero attached hydrogens (tertiary/aromatic N) is 6. The molecule has 0 saturated heterocycles. The standard InChI is InChI=1S/C10H8F2N2.2C9H5F2N2.Ir/c1-13-5-2-6-14(13)10-4-3-8(11)7-9(10)12;2*10-7-2-3-9(8(11)6-7)13-5-1-4-12-13;/h2-3,5-7H,1H3;2*1-2,4-6H;/q;2*-1;. The second-order valence-electron chi connectivity index (χ2n) is 7.85. The molecule has 0 bridgehead atoms. The van der Waals surface area contributed by atoms with E-state index in [1.165, 1.54) is 26.4 Å². The summed E-state index contributed by atoms with van der Waals surface area (Å²) in [6.45, 7) is 0. The minimum Gasteiger partial charge on any atom is -0.414 e. The van der Waals surface area contributed by atoms with Crippen molar-refractivity contribution in [2.75, 3.05) is 0 Å². The van der Waals surface area contributed by atoms with Crippen molar-refractivity contribution in [1.29, 1.82) is 0 Å². The molecular weight excluding hydrogens is 727 g/mol. The Balaban J connectivity index is 0.000000167. The first-order valence-electron chi connectivity index (χ1n) is 11.4. The number of hydrogen-bond acceptors (Lipinski definition) is 1. The van der Waals surface area contributed by atoms with Crippen molar-refractivity contribution >= 4 is 0 Å². The van der Waals surface area contributed by atoms with Gasteiger partial charge in [-0.05, 0) is 17.8 Å². The summed E-state index contributed by atoms with van der Waals surface area (Å²) in [5, 5.41) is 7.60. The first-order valence-corrected chi connectivity index (χ1v) is 11.4. The third kappa shape index (κ3) is 8.02. The quantitative estimate of drug-likeness (QED) is 0.154. The Labute approximate surface area is 244 Å². The van der Waals surface area contributed by atoms with Gasteiger partial charge in [-0.1, -0.05) is 6.07 Å². The van der Waals surface area contributed by atoms with Crippen LogP contribution in [-0.4, -0.2) is 14.5 Å². The van der Waals surface area contributed by atoms with Crippen LogP contribution in [0.2, 0.25) is 0 Å². The fraction of sp³-hybridized carbons (Fsp3) is 0.0357. The number of rotatable bonds is 3. The normalized spacial score (nSPS) is 10.1. The molecule has 0 spiro atoms. The van der Waals surface area contributed by atoms with E-state index in [0.29, 0.717) is 0 Å². The molecule has 3 aromatic heterocycles. The summed E-state index contributed by atoms with van der Waals surface area (Å²) >= 11 is 0. The van der Waals surface area contributed by atoms with Crippen molar-refractivity contribution < 1.29 is 55.8 Å². The summed E-state index contributed by atoms with van der Waals surface area (Å²) in [6, 6.07) is 18.2. The third-order valence-corrected chi connectivity index (χ3v) is 5.08. The van der Waals surface area contributed by atoms with Crippen LogP contribution >= 0.6 is 0 Å². The van der Waals surface area contributed by atoms with Crippen molar-refractivity contribution in [1.82, 2.24) is 19.6 Å². The van der Waals surface area contributed by atoms with Crippen molar-refractivity contribution in [3.8, 4) is 17.1 Å². The van der Waals surface area contributed by atoms with Crippen LogP contribution in [0.1, 0.15) is 0 Å². The number of hydrogen-bond donors (Lipinski definition) is 0. The SMILES string of the molecule is C[n+]1cccn1-c1[c-]cc(F)cc1F.Fc1c[c-]c(-[n+]2ccc[n-]2)c(F)c1.Fc1c[c-]c(-n2cccn2)c(F)c1.[Ir]. The van der Waals surface area contributed by atoms with Crippen molar-refractivity contribution in [3.05, 3.63) is 145 Å². The molecule has 6 nitrogen and oxygen atoms in total. The average molecular weight is 745 g/mol. The fourth-order valence-electron chi connectivity index (χ4n) is 3.29. The predicted molar refractivity (Wildman–Crippen MR) is 128 cm³/mol. The monoisotopic (exact) mass is 745 g/mol. The van der Waals surface area contributed by atoms with Gasteiger partial charge in [-0.3, -0.25) is 35.7 Å². The van der Waals surface area contributed by atoms with E-state index < -0.39 is 34.9 Å². The predicted octanol–water partition coefficient (Wildman–Crippen LogP) is 4.33. The van der Waals surface area contributed by atoms with Gasteiger partial charge >= 0.3 is 0 Å². The minimum absolute atomic E-state index is 0. The fourth-order valence-corrected chi connectivity index (χ4v) is 3.29. The molecule has 0 fully saturated rings. The first kappa shape index (κ1) is 31.1. The molecule has 3 aromatic carbocycles. The molecule has 0 aliphatic carbocycles. The van der Waals surface area contributed by atoms with Gasteiger partial charge in [-0.15, -0.1) is 53.3 Å². The van der Waals surface area contributed by atoms with Gasteiger partial charge < -0.3 is 5.10 Å². The van der Waals surface area contributed by atoms with E-state index in [1.54, 1.807) is 54.7 Å². The van der Waals surface area contributed by atoms with Gasteiger partial charge in [-0.25, -0.2) is 0 Å². The maximum atomic E-state index is 13.3. The van der Waals surface area contributed by atoms with Gasteiger partial charge in [0.15, 0.2) is 19.4 Å².